The van der Waals surface area contributed by atoms with Gasteiger partial charge in [-0.15, -0.1) is 24.3 Å². The molecule has 3 aromatic heterocycles. The monoisotopic (exact) mass is 727 g/mol. The van der Waals surface area contributed by atoms with Crippen LogP contribution in [-0.4, -0.2) is 20.1 Å². The Balaban J connectivity index is 0.00000353. The van der Waals surface area contributed by atoms with E-state index in [4.69, 9.17) is 4.98 Å². The van der Waals surface area contributed by atoms with Gasteiger partial charge in [0.15, 0.2) is 0 Å². The number of phenolic OH excluding ortho intramolecular Hbond substituents is 1. The Morgan fingerprint density at radius 2 is 1.21 bits per heavy atom. The van der Waals surface area contributed by atoms with Crippen LogP contribution in [0.5, 0.6) is 5.75 Å². The smallest absolute Gasteiger partial charge is 0.124 e. The van der Waals surface area contributed by atoms with Gasteiger partial charge in [0.05, 0.1) is 11.4 Å². The second kappa shape index (κ2) is 12.2. The normalized spacial score (nSPS) is 11.1. The fourth-order valence-corrected chi connectivity index (χ4v) is 4.94. The van der Waals surface area contributed by atoms with Crippen molar-refractivity contribution in [1.29, 1.82) is 0 Å². The first-order valence-electron chi connectivity index (χ1n) is 13.7. The molecule has 210 valence electrons. The van der Waals surface area contributed by atoms with Gasteiger partial charge < -0.3 is 5.11 Å². The van der Waals surface area contributed by atoms with Crippen molar-refractivity contribution in [3.05, 3.63) is 133 Å². The molecule has 0 radical (unpaired) electrons. The van der Waals surface area contributed by atoms with E-state index in [0.717, 1.165) is 44.9 Å². The van der Waals surface area contributed by atoms with E-state index in [2.05, 4.69) is 67.1 Å². The third-order valence-electron chi connectivity index (χ3n) is 7.16. The Bertz CT molecular complexity index is 1840. The summed E-state index contributed by atoms with van der Waals surface area (Å²) in [6.45, 7) is 6.60. The summed E-state index contributed by atoms with van der Waals surface area (Å²) in [5.41, 5.74) is 9.87. The fraction of sp³-hybridized carbons (Fsp3) is 0.108. The van der Waals surface area contributed by atoms with E-state index in [1.54, 1.807) is 12.3 Å². The van der Waals surface area contributed by atoms with Gasteiger partial charge in [0.1, 0.15) is 5.75 Å². The van der Waals surface area contributed by atoms with E-state index >= 15 is 0 Å². The number of hydrogen-bond donors (Lipinski definition) is 1. The zero-order valence-corrected chi connectivity index (χ0v) is 25.9. The molecule has 0 unspecified atom stereocenters. The van der Waals surface area contributed by atoms with Crippen molar-refractivity contribution in [1.82, 2.24) is 15.0 Å². The van der Waals surface area contributed by atoms with Crippen molar-refractivity contribution in [2.24, 2.45) is 0 Å². The van der Waals surface area contributed by atoms with Crippen LogP contribution in [0.25, 0.3) is 56.2 Å². The number of rotatable bonds is 5. The Hall–Kier alpha value is -4.40. The molecule has 42 heavy (non-hydrogen) atoms. The third kappa shape index (κ3) is 6.10. The van der Waals surface area contributed by atoms with Crippen molar-refractivity contribution >= 4 is 0 Å². The maximum atomic E-state index is 10.7. The molecular formula is C37H30N3OPt-. The molecule has 0 fully saturated rings. The Labute approximate surface area is 261 Å². The summed E-state index contributed by atoms with van der Waals surface area (Å²) in [5, 5.41) is 10.7. The minimum absolute atomic E-state index is 0. The van der Waals surface area contributed by atoms with E-state index in [9.17, 15) is 5.11 Å². The van der Waals surface area contributed by atoms with E-state index in [-0.39, 0.29) is 32.2 Å². The second-order valence-corrected chi connectivity index (χ2v) is 11.1. The van der Waals surface area contributed by atoms with Crippen LogP contribution in [0.3, 0.4) is 0 Å². The summed E-state index contributed by atoms with van der Waals surface area (Å²) in [6.07, 6.45) is 3.67. The summed E-state index contributed by atoms with van der Waals surface area (Å²) in [7, 11) is 0. The van der Waals surface area contributed by atoms with Crippen LogP contribution in [0.15, 0.2) is 122 Å². The largest absolute Gasteiger partial charge is 0.507 e. The third-order valence-corrected chi connectivity index (χ3v) is 7.16. The first-order valence-corrected chi connectivity index (χ1v) is 13.7. The maximum Gasteiger partial charge on any atom is 0.124 e. The SMILES string of the molecule is CC(C)(C)c1ccnc(-c2[c-]c(-c3cc(-c4ccccc4-c4ccccn4)cc(-c4ccccc4O)n3)ccc2)c1.[Pt]. The van der Waals surface area contributed by atoms with Crippen LogP contribution < -0.4 is 0 Å². The van der Waals surface area contributed by atoms with Gasteiger partial charge >= 0.3 is 0 Å². The van der Waals surface area contributed by atoms with Gasteiger partial charge in [-0.05, 0) is 58.5 Å². The van der Waals surface area contributed by atoms with Crippen LogP contribution in [0, 0.1) is 6.07 Å². The van der Waals surface area contributed by atoms with Crippen LogP contribution in [0.2, 0.25) is 0 Å². The summed E-state index contributed by atoms with van der Waals surface area (Å²) >= 11 is 0. The minimum atomic E-state index is 0. The molecule has 0 aliphatic rings. The number of aromatic hydroxyl groups is 1. The molecule has 0 saturated carbocycles. The number of phenols is 1. The molecule has 6 rings (SSSR count). The van der Waals surface area contributed by atoms with Crippen molar-refractivity contribution in [2.75, 3.05) is 0 Å². The molecule has 0 aliphatic heterocycles. The predicted molar refractivity (Wildman–Crippen MR) is 166 cm³/mol. The Morgan fingerprint density at radius 3 is 1.93 bits per heavy atom. The predicted octanol–water partition coefficient (Wildman–Crippen LogP) is 9.01. The Kier molecular flexibility index (Phi) is 8.47. The zero-order valence-electron chi connectivity index (χ0n) is 23.7. The second-order valence-electron chi connectivity index (χ2n) is 11.1. The number of benzene rings is 3. The van der Waals surface area contributed by atoms with Gasteiger partial charge in [0.2, 0.25) is 0 Å². The van der Waals surface area contributed by atoms with Crippen LogP contribution in [-0.2, 0) is 26.5 Å². The number of pyridine rings is 3. The summed E-state index contributed by atoms with van der Waals surface area (Å²) in [6, 6.07) is 39.4. The Morgan fingerprint density at radius 1 is 0.571 bits per heavy atom. The van der Waals surface area contributed by atoms with Gasteiger partial charge in [0, 0.05) is 56.0 Å². The zero-order chi connectivity index (χ0) is 28.4. The molecule has 0 atom stereocenters. The molecule has 3 aromatic carbocycles. The number of aromatic nitrogens is 3. The molecule has 6 aromatic rings. The van der Waals surface area contributed by atoms with Crippen LogP contribution in [0.1, 0.15) is 26.3 Å². The average molecular weight is 728 g/mol. The molecule has 0 aliphatic carbocycles. The van der Waals surface area contributed by atoms with Gasteiger partial charge in [-0.25, -0.2) is 0 Å². The molecule has 3 heterocycles. The number of nitrogens with zero attached hydrogens (tertiary/aromatic N) is 3. The van der Waals surface area contributed by atoms with Crippen molar-refractivity contribution in [2.45, 2.75) is 26.2 Å². The quantitative estimate of drug-likeness (QED) is 0.180. The minimum Gasteiger partial charge on any atom is -0.507 e. The van der Waals surface area contributed by atoms with E-state index in [1.807, 2.05) is 79.0 Å². The number of para-hydroxylation sites is 1. The average Bonchev–Trinajstić information content (AvgIpc) is 3.01. The molecule has 0 amide bonds. The van der Waals surface area contributed by atoms with E-state index in [0.29, 0.717) is 11.3 Å². The standard InChI is InChI=1S/C37H30N3O.Pt/c1-37(2,3)28-18-20-39-33(24-28)25-11-10-12-26(21-25)34-22-27(23-35(40-34)31-15-6-7-17-36(31)41)29-13-4-5-14-30(29)32-16-8-9-19-38-32;/h4-20,22-24,41H,1-3H3;/q-1;. The van der Waals surface area contributed by atoms with Gasteiger partial charge in [0.25, 0.3) is 0 Å². The molecule has 5 heteroatoms. The molecule has 0 bridgehead atoms. The van der Waals surface area contributed by atoms with Gasteiger partial charge in [-0.2, -0.15) is 0 Å². The van der Waals surface area contributed by atoms with Crippen molar-refractivity contribution < 1.29 is 26.2 Å². The molecule has 4 nitrogen and oxygen atoms in total. The van der Waals surface area contributed by atoms with Gasteiger partial charge in [-0.3, -0.25) is 15.0 Å². The molecular weight excluding hydrogens is 698 g/mol. The number of hydrogen-bond acceptors (Lipinski definition) is 4. The van der Waals surface area contributed by atoms with E-state index < -0.39 is 0 Å². The maximum absolute atomic E-state index is 10.7. The molecule has 1 N–H and O–H groups in total. The van der Waals surface area contributed by atoms with Crippen molar-refractivity contribution in [3.8, 4) is 61.9 Å². The molecule has 0 saturated heterocycles. The topological polar surface area (TPSA) is 58.9 Å². The summed E-state index contributed by atoms with van der Waals surface area (Å²) < 4.78 is 0. The summed E-state index contributed by atoms with van der Waals surface area (Å²) in [4.78, 5) is 14.3. The molecule has 0 spiro atoms. The fourth-order valence-electron chi connectivity index (χ4n) is 4.94. The first kappa shape index (κ1) is 29.1. The van der Waals surface area contributed by atoms with E-state index in [1.165, 1.54) is 5.56 Å². The van der Waals surface area contributed by atoms with Crippen LogP contribution in [0.4, 0.5) is 0 Å². The first-order chi connectivity index (χ1) is 19.9. The van der Waals surface area contributed by atoms with Crippen LogP contribution >= 0.6 is 0 Å². The van der Waals surface area contributed by atoms with Gasteiger partial charge in [-0.1, -0.05) is 86.5 Å². The summed E-state index contributed by atoms with van der Waals surface area (Å²) in [5.74, 6) is 0.182. The van der Waals surface area contributed by atoms with Crippen molar-refractivity contribution in [3.63, 3.8) is 0 Å².